The minimum atomic E-state index is -0.244. The molecule has 0 radical (unpaired) electrons. The van der Waals surface area contributed by atoms with Crippen molar-refractivity contribution in [1.29, 1.82) is 5.26 Å². The Kier molecular flexibility index (Phi) is 5.61. The van der Waals surface area contributed by atoms with E-state index in [4.69, 9.17) is 21.6 Å². The number of carbonyl (C=O) groups excluding carboxylic acids is 1. The number of likely N-dealkylation sites (N-methyl/N-ethyl adjacent to an activating group) is 1. The lowest BCUT2D eigenvalue weighted by Gasteiger charge is -2.16. The van der Waals surface area contributed by atoms with Gasteiger partial charge in [-0.15, -0.1) is 0 Å². The molecule has 19 heavy (non-hydrogen) atoms. The van der Waals surface area contributed by atoms with E-state index in [9.17, 15) is 4.79 Å². The summed E-state index contributed by atoms with van der Waals surface area (Å²) < 4.78 is 5.14. The molecular formula is C13H17ClN3O2+. The van der Waals surface area contributed by atoms with Crippen molar-refractivity contribution in [2.75, 3.05) is 26.0 Å². The van der Waals surface area contributed by atoms with Crippen molar-refractivity contribution in [2.45, 2.75) is 13.0 Å². The fraction of sp³-hybridized carbons (Fsp3) is 0.385. The van der Waals surface area contributed by atoms with E-state index in [0.29, 0.717) is 16.5 Å². The number of amides is 1. The minimum Gasteiger partial charge on any atom is -0.495 e. The molecule has 0 fully saturated rings. The van der Waals surface area contributed by atoms with Gasteiger partial charge in [-0.2, -0.15) is 5.26 Å². The molecule has 6 heteroatoms. The molecule has 1 rings (SSSR count). The van der Waals surface area contributed by atoms with Gasteiger partial charge < -0.3 is 15.0 Å². The molecule has 0 aliphatic heterocycles. The molecule has 0 saturated carbocycles. The van der Waals surface area contributed by atoms with Gasteiger partial charge in [0.25, 0.3) is 5.91 Å². The third-order valence-corrected chi connectivity index (χ3v) is 3.04. The van der Waals surface area contributed by atoms with Crippen LogP contribution in [0.3, 0.4) is 0 Å². The van der Waals surface area contributed by atoms with E-state index in [-0.39, 0.29) is 18.5 Å². The Bertz CT molecular complexity index is 499. The van der Waals surface area contributed by atoms with Crippen molar-refractivity contribution < 1.29 is 14.4 Å². The van der Waals surface area contributed by atoms with Crippen LogP contribution in [-0.4, -0.2) is 32.7 Å². The van der Waals surface area contributed by atoms with E-state index in [1.54, 1.807) is 32.2 Å². The van der Waals surface area contributed by atoms with Crippen LogP contribution in [0.15, 0.2) is 18.2 Å². The van der Waals surface area contributed by atoms with Crippen LogP contribution in [0, 0.1) is 11.3 Å². The quantitative estimate of drug-likeness (QED) is 0.836. The number of rotatable bonds is 5. The van der Waals surface area contributed by atoms with Crippen LogP contribution in [-0.2, 0) is 4.79 Å². The molecule has 0 saturated heterocycles. The van der Waals surface area contributed by atoms with E-state index < -0.39 is 0 Å². The maximum Gasteiger partial charge on any atom is 0.279 e. The van der Waals surface area contributed by atoms with Gasteiger partial charge in [0.2, 0.25) is 0 Å². The van der Waals surface area contributed by atoms with Crippen LogP contribution in [0.4, 0.5) is 5.69 Å². The molecule has 102 valence electrons. The molecule has 2 atom stereocenters. The normalized spacial score (nSPS) is 13.2. The number of carbonyl (C=O) groups is 1. The van der Waals surface area contributed by atoms with Crippen LogP contribution in [0.2, 0.25) is 5.02 Å². The van der Waals surface area contributed by atoms with Crippen molar-refractivity contribution in [2.24, 2.45) is 0 Å². The Labute approximate surface area is 117 Å². The lowest BCUT2D eigenvalue weighted by atomic mass is 10.2. The Balaban J connectivity index is 2.72. The summed E-state index contributed by atoms with van der Waals surface area (Å²) in [7, 11) is 3.32. The first-order chi connectivity index (χ1) is 8.97. The average molecular weight is 283 g/mol. The number of hydrogen-bond donors (Lipinski definition) is 2. The molecule has 0 spiro atoms. The molecule has 0 aromatic heterocycles. The van der Waals surface area contributed by atoms with Crippen molar-refractivity contribution >= 4 is 23.2 Å². The van der Waals surface area contributed by atoms with Crippen LogP contribution >= 0.6 is 11.6 Å². The van der Waals surface area contributed by atoms with Gasteiger partial charge in [0.15, 0.2) is 12.6 Å². The van der Waals surface area contributed by atoms with Gasteiger partial charge in [0.05, 0.1) is 19.8 Å². The highest BCUT2D eigenvalue weighted by atomic mass is 35.5. The van der Waals surface area contributed by atoms with Crippen LogP contribution in [0.5, 0.6) is 5.75 Å². The Morgan fingerprint density at radius 1 is 1.63 bits per heavy atom. The van der Waals surface area contributed by atoms with E-state index in [1.165, 1.54) is 7.11 Å². The zero-order valence-corrected chi connectivity index (χ0v) is 11.9. The summed E-state index contributed by atoms with van der Waals surface area (Å²) in [5, 5.41) is 12.0. The van der Waals surface area contributed by atoms with Crippen LogP contribution in [0.1, 0.15) is 6.92 Å². The van der Waals surface area contributed by atoms with Crippen LogP contribution < -0.4 is 15.0 Å². The third-order valence-electron chi connectivity index (χ3n) is 2.81. The second kappa shape index (κ2) is 6.98. The second-order valence-electron chi connectivity index (χ2n) is 4.27. The SMILES string of the molecule is COc1ccc(Cl)cc1NC(=O)C[NH+](C)[C@H](C)C#N. The summed E-state index contributed by atoms with van der Waals surface area (Å²) >= 11 is 5.88. The summed E-state index contributed by atoms with van der Waals surface area (Å²) in [6.45, 7) is 1.97. The molecular weight excluding hydrogens is 266 g/mol. The largest absolute Gasteiger partial charge is 0.495 e. The lowest BCUT2D eigenvalue weighted by Crippen LogP contribution is -3.13. The molecule has 0 aliphatic rings. The predicted octanol–water partition coefficient (Wildman–Crippen LogP) is 0.714. The number of nitrogens with zero attached hydrogens (tertiary/aromatic N) is 1. The Morgan fingerprint density at radius 3 is 2.89 bits per heavy atom. The highest BCUT2D eigenvalue weighted by molar-refractivity contribution is 6.31. The lowest BCUT2D eigenvalue weighted by molar-refractivity contribution is -0.886. The molecule has 0 heterocycles. The maximum atomic E-state index is 11.9. The Hall–Kier alpha value is -1.77. The average Bonchev–Trinajstić information content (AvgIpc) is 2.37. The second-order valence-corrected chi connectivity index (χ2v) is 4.70. The number of methoxy groups -OCH3 is 1. The highest BCUT2D eigenvalue weighted by Crippen LogP contribution is 2.27. The monoisotopic (exact) mass is 282 g/mol. The summed E-state index contributed by atoms with van der Waals surface area (Å²) in [5.41, 5.74) is 0.525. The van der Waals surface area contributed by atoms with Crippen molar-refractivity contribution in [3.8, 4) is 11.8 Å². The first kappa shape index (κ1) is 15.3. The van der Waals surface area contributed by atoms with Crippen LogP contribution in [0.25, 0.3) is 0 Å². The zero-order chi connectivity index (χ0) is 14.4. The first-order valence-electron chi connectivity index (χ1n) is 5.83. The van der Waals surface area contributed by atoms with Crippen molar-refractivity contribution in [1.82, 2.24) is 0 Å². The topological polar surface area (TPSA) is 66.6 Å². The van der Waals surface area contributed by atoms with Gasteiger partial charge >= 0.3 is 0 Å². The minimum absolute atomic E-state index is 0.194. The van der Waals surface area contributed by atoms with E-state index >= 15 is 0 Å². The third kappa shape index (κ3) is 4.43. The van der Waals surface area contributed by atoms with E-state index in [2.05, 4.69) is 11.4 Å². The molecule has 5 nitrogen and oxygen atoms in total. The van der Waals surface area contributed by atoms with Gasteiger partial charge in [-0.05, 0) is 18.2 Å². The molecule has 0 aliphatic carbocycles. The van der Waals surface area contributed by atoms with Gasteiger partial charge in [-0.3, -0.25) is 4.79 Å². The maximum absolute atomic E-state index is 11.9. The standard InChI is InChI=1S/C13H16ClN3O2/c1-9(7-15)17(2)8-13(18)16-11-6-10(14)4-5-12(11)19-3/h4-6,9H,8H2,1-3H3,(H,16,18)/p+1/t9-/m1/s1. The van der Waals surface area contributed by atoms with Crippen molar-refractivity contribution in [3.05, 3.63) is 23.2 Å². The van der Waals surface area contributed by atoms with Gasteiger partial charge in [0, 0.05) is 11.9 Å². The molecule has 1 unspecified atom stereocenters. The summed E-state index contributed by atoms with van der Waals surface area (Å²) in [6.07, 6.45) is 0. The number of anilines is 1. The zero-order valence-electron chi connectivity index (χ0n) is 11.2. The summed E-state index contributed by atoms with van der Waals surface area (Å²) in [4.78, 5) is 12.7. The molecule has 1 amide bonds. The first-order valence-corrected chi connectivity index (χ1v) is 6.21. The number of quaternary nitrogens is 1. The van der Waals surface area contributed by atoms with E-state index in [1.807, 2.05) is 0 Å². The number of ether oxygens (including phenoxy) is 1. The molecule has 1 aromatic carbocycles. The summed E-state index contributed by atoms with van der Waals surface area (Å²) in [5.74, 6) is 0.351. The fourth-order valence-corrected chi connectivity index (χ4v) is 1.66. The van der Waals surface area contributed by atoms with Gasteiger partial charge in [-0.25, -0.2) is 0 Å². The summed E-state index contributed by atoms with van der Waals surface area (Å²) in [6, 6.07) is 6.86. The van der Waals surface area contributed by atoms with E-state index in [0.717, 1.165) is 4.90 Å². The highest BCUT2D eigenvalue weighted by Gasteiger charge is 2.17. The Morgan fingerprint density at radius 2 is 2.32 bits per heavy atom. The van der Waals surface area contributed by atoms with Gasteiger partial charge in [0.1, 0.15) is 11.8 Å². The van der Waals surface area contributed by atoms with Crippen molar-refractivity contribution in [3.63, 3.8) is 0 Å². The smallest absolute Gasteiger partial charge is 0.279 e. The molecule has 1 aromatic rings. The number of halogens is 1. The molecule has 2 N–H and O–H groups in total. The number of nitrogens with one attached hydrogen (secondary N) is 2. The fourth-order valence-electron chi connectivity index (χ4n) is 1.49. The number of hydrogen-bond acceptors (Lipinski definition) is 3. The molecule has 0 bridgehead atoms. The van der Waals surface area contributed by atoms with Gasteiger partial charge in [-0.1, -0.05) is 11.6 Å². The number of benzene rings is 1. The predicted molar refractivity (Wildman–Crippen MR) is 73.5 cm³/mol. The number of nitriles is 1.